The number of amides is 1. The lowest BCUT2D eigenvalue weighted by Gasteiger charge is -2.28. The summed E-state index contributed by atoms with van der Waals surface area (Å²) >= 11 is 0. The summed E-state index contributed by atoms with van der Waals surface area (Å²) in [6.07, 6.45) is 0.632. The van der Waals surface area contributed by atoms with Crippen LogP contribution >= 0.6 is 0 Å². The molecule has 0 aromatic rings. The molecule has 0 aromatic heterocycles. The molecule has 13 heavy (non-hydrogen) atoms. The molecular weight excluding hydrogens is 168 g/mol. The lowest BCUT2D eigenvalue weighted by molar-refractivity contribution is -0.134. The lowest BCUT2D eigenvalue weighted by Crippen LogP contribution is -2.47. The van der Waals surface area contributed by atoms with Crippen molar-refractivity contribution in [2.75, 3.05) is 13.2 Å². The molecule has 3 N–H and O–H groups in total. The van der Waals surface area contributed by atoms with Gasteiger partial charge in [-0.25, -0.2) is 0 Å². The minimum atomic E-state index is -0.436. The van der Waals surface area contributed by atoms with E-state index in [4.69, 9.17) is 10.8 Å². The Hall–Kier alpha value is -0.610. The normalized spacial score (nSPS) is 13.1. The van der Waals surface area contributed by atoms with Crippen molar-refractivity contribution in [3.63, 3.8) is 0 Å². The van der Waals surface area contributed by atoms with E-state index in [-0.39, 0.29) is 18.6 Å². The van der Waals surface area contributed by atoms with Crippen molar-refractivity contribution in [2.24, 2.45) is 5.73 Å². The highest BCUT2D eigenvalue weighted by atomic mass is 16.3. The zero-order valence-corrected chi connectivity index (χ0v) is 8.66. The molecule has 0 aromatic carbocycles. The van der Waals surface area contributed by atoms with Gasteiger partial charge in [0, 0.05) is 12.6 Å². The van der Waals surface area contributed by atoms with E-state index >= 15 is 0 Å². The van der Waals surface area contributed by atoms with Gasteiger partial charge < -0.3 is 15.7 Å². The molecule has 4 heteroatoms. The molecule has 0 spiro atoms. The van der Waals surface area contributed by atoms with Gasteiger partial charge >= 0.3 is 0 Å². The van der Waals surface area contributed by atoms with Gasteiger partial charge in [-0.3, -0.25) is 4.79 Å². The molecule has 0 radical (unpaired) electrons. The second-order valence-electron chi connectivity index (χ2n) is 3.36. The number of nitrogens with zero attached hydrogens (tertiary/aromatic N) is 1. The van der Waals surface area contributed by atoms with Crippen LogP contribution in [0.25, 0.3) is 0 Å². The van der Waals surface area contributed by atoms with Crippen LogP contribution < -0.4 is 5.73 Å². The van der Waals surface area contributed by atoms with Gasteiger partial charge in [-0.2, -0.15) is 0 Å². The summed E-state index contributed by atoms with van der Waals surface area (Å²) in [5, 5.41) is 8.75. The lowest BCUT2D eigenvalue weighted by atomic mass is 10.2. The summed E-state index contributed by atoms with van der Waals surface area (Å²) in [5.74, 6) is -0.0773. The molecule has 0 heterocycles. The van der Waals surface area contributed by atoms with E-state index in [1.54, 1.807) is 4.90 Å². The van der Waals surface area contributed by atoms with Crippen LogP contribution in [-0.4, -0.2) is 41.1 Å². The van der Waals surface area contributed by atoms with Crippen molar-refractivity contribution in [3.8, 4) is 0 Å². The van der Waals surface area contributed by atoms with Gasteiger partial charge in [0.25, 0.3) is 0 Å². The first kappa shape index (κ1) is 12.4. The molecule has 0 saturated carbocycles. The standard InChI is InChI=1S/C9H20N2O2/c1-4-8(10)9(13)11(5-6-12)7(2)3/h7-8,12H,4-6,10H2,1-3H3/t8-/m1/s1. The van der Waals surface area contributed by atoms with E-state index in [1.807, 2.05) is 20.8 Å². The molecule has 0 rings (SSSR count). The summed E-state index contributed by atoms with van der Waals surface area (Å²) in [5.41, 5.74) is 5.61. The van der Waals surface area contributed by atoms with Gasteiger partial charge in [-0.15, -0.1) is 0 Å². The monoisotopic (exact) mass is 188 g/mol. The summed E-state index contributed by atoms with van der Waals surface area (Å²) in [6, 6.07) is -0.341. The highest BCUT2D eigenvalue weighted by Crippen LogP contribution is 2.02. The van der Waals surface area contributed by atoms with Gasteiger partial charge in [-0.1, -0.05) is 6.92 Å². The first-order valence-electron chi connectivity index (χ1n) is 4.71. The Morgan fingerprint density at radius 2 is 2.08 bits per heavy atom. The summed E-state index contributed by atoms with van der Waals surface area (Å²) < 4.78 is 0. The fourth-order valence-corrected chi connectivity index (χ4v) is 1.12. The third-order valence-corrected chi connectivity index (χ3v) is 2.00. The SMILES string of the molecule is CC[C@@H](N)C(=O)N(CCO)C(C)C. The van der Waals surface area contributed by atoms with Gasteiger partial charge in [-0.05, 0) is 20.3 Å². The van der Waals surface area contributed by atoms with Crippen molar-refractivity contribution in [1.29, 1.82) is 0 Å². The predicted octanol–water partition coefficient (Wildman–Crippen LogP) is -0.0470. The van der Waals surface area contributed by atoms with Crippen molar-refractivity contribution < 1.29 is 9.90 Å². The van der Waals surface area contributed by atoms with E-state index in [0.29, 0.717) is 13.0 Å². The summed E-state index contributed by atoms with van der Waals surface area (Å²) in [7, 11) is 0. The Kier molecular flexibility index (Phi) is 5.66. The number of aliphatic hydroxyl groups excluding tert-OH is 1. The highest BCUT2D eigenvalue weighted by molar-refractivity contribution is 5.81. The first-order chi connectivity index (χ1) is 6.04. The number of aliphatic hydroxyl groups is 1. The van der Waals surface area contributed by atoms with Crippen LogP contribution in [0.2, 0.25) is 0 Å². The molecule has 0 aliphatic carbocycles. The van der Waals surface area contributed by atoms with Gasteiger partial charge in [0.15, 0.2) is 0 Å². The van der Waals surface area contributed by atoms with Crippen LogP contribution in [-0.2, 0) is 4.79 Å². The molecule has 4 nitrogen and oxygen atoms in total. The molecule has 0 fully saturated rings. The number of hydrogen-bond acceptors (Lipinski definition) is 3. The van der Waals surface area contributed by atoms with Crippen LogP contribution in [0.15, 0.2) is 0 Å². The number of carbonyl (C=O) groups is 1. The number of nitrogens with two attached hydrogens (primary N) is 1. The van der Waals surface area contributed by atoms with Crippen LogP contribution in [0.3, 0.4) is 0 Å². The largest absolute Gasteiger partial charge is 0.395 e. The Morgan fingerprint density at radius 1 is 1.54 bits per heavy atom. The van der Waals surface area contributed by atoms with Gasteiger partial charge in [0.1, 0.15) is 0 Å². The zero-order chi connectivity index (χ0) is 10.4. The van der Waals surface area contributed by atoms with Crippen LogP contribution in [0, 0.1) is 0 Å². The molecule has 0 saturated heterocycles. The molecule has 0 unspecified atom stereocenters. The topological polar surface area (TPSA) is 66.6 Å². The van der Waals surface area contributed by atoms with Crippen molar-refractivity contribution >= 4 is 5.91 Å². The number of rotatable bonds is 5. The maximum absolute atomic E-state index is 11.6. The van der Waals surface area contributed by atoms with Gasteiger partial charge in [0.05, 0.1) is 12.6 Å². The summed E-state index contributed by atoms with van der Waals surface area (Å²) in [4.78, 5) is 13.2. The predicted molar refractivity (Wildman–Crippen MR) is 52.2 cm³/mol. The first-order valence-corrected chi connectivity index (χ1v) is 4.71. The molecule has 78 valence electrons. The quantitative estimate of drug-likeness (QED) is 0.636. The third kappa shape index (κ3) is 3.74. The Labute approximate surface area is 79.7 Å². The minimum Gasteiger partial charge on any atom is -0.395 e. The van der Waals surface area contributed by atoms with E-state index in [2.05, 4.69) is 0 Å². The molecule has 0 aliphatic heterocycles. The average molecular weight is 188 g/mol. The van der Waals surface area contributed by atoms with Crippen LogP contribution in [0.1, 0.15) is 27.2 Å². The smallest absolute Gasteiger partial charge is 0.239 e. The number of hydrogen-bond donors (Lipinski definition) is 2. The van der Waals surface area contributed by atoms with Crippen LogP contribution in [0.4, 0.5) is 0 Å². The minimum absolute atomic E-state index is 0.0135. The molecule has 1 atom stereocenters. The highest BCUT2D eigenvalue weighted by Gasteiger charge is 2.20. The van der Waals surface area contributed by atoms with Gasteiger partial charge in [0.2, 0.25) is 5.91 Å². The fraction of sp³-hybridized carbons (Fsp3) is 0.889. The molecule has 1 amide bonds. The van der Waals surface area contributed by atoms with E-state index in [0.717, 1.165) is 0 Å². The van der Waals surface area contributed by atoms with Crippen molar-refractivity contribution in [1.82, 2.24) is 4.90 Å². The van der Waals surface area contributed by atoms with Crippen LogP contribution in [0.5, 0.6) is 0 Å². The maximum Gasteiger partial charge on any atom is 0.239 e. The maximum atomic E-state index is 11.6. The molecule has 0 aliphatic rings. The van der Waals surface area contributed by atoms with Crippen molar-refractivity contribution in [2.45, 2.75) is 39.3 Å². The second kappa shape index (κ2) is 5.94. The van der Waals surface area contributed by atoms with Crippen molar-refractivity contribution in [3.05, 3.63) is 0 Å². The molecular formula is C9H20N2O2. The molecule has 0 bridgehead atoms. The third-order valence-electron chi connectivity index (χ3n) is 2.00. The van der Waals surface area contributed by atoms with E-state index in [9.17, 15) is 4.79 Å². The van der Waals surface area contributed by atoms with E-state index in [1.165, 1.54) is 0 Å². The summed E-state index contributed by atoms with van der Waals surface area (Å²) in [6.45, 7) is 6.05. The Balaban J connectivity index is 4.27. The number of carbonyl (C=O) groups excluding carboxylic acids is 1. The second-order valence-corrected chi connectivity index (χ2v) is 3.36. The zero-order valence-electron chi connectivity index (χ0n) is 8.66. The Bertz CT molecular complexity index is 160. The Morgan fingerprint density at radius 3 is 2.38 bits per heavy atom. The fourth-order valence-electron chi connectivity index (χ4n) is 1.12. The average Bonchev–Trinajstić information content (AvgIpc) is 2.11. The van der Waals surface area contributed by atoms with E-state index < -0.39 is 6.04 Å².